The maximum Gasteiger partial charge on any atom is 0.231 e. The molecular weight excluding hydrogens is 400 g/mol. The molecule has 3 heterocycles. The highest BCUT2D eigenvalue weighted by atomic mass is 32.1. The largest absolute Gasteiger partial charge is 0.454 e. The molecule has 0 unspecified atom stereocenters. The van der Waals surface area contributed by atoms with Gasteiger partial charge in [0.1, 0.15) is 10.0 Å². The molecule has 5 aromatic rings. The average Bonchev–Trinajstić information content (AvgIpc) is 3.48. The Morgan fingerprint density at radius 2 is 1.38 bits per heavy atom. The second-order valence-electron chi connectivity index (χ2n) is 6.64. The minimum Gasteiger partial charge on any atom is -0.454 e. The van der Waals surface area contributed by atoms with Gasteiger partial charge < -0.3 is 9.47 Å². The van der Waals surface area contributed by atoms with Crippen LogP contribution in [-0.4, -0.2) is 16.8 Å². The fourth-order valence-electron chi connectivity index (χ4n) is 3.36. The minimum absolute atomic E-state index is 0.269. The van der Waals surface area contributed by atoms with Crippen LogP contribution in [0.25, 0.3) is 32.1 Å². The first-order valence-electron chi connectivity index (χ1n) is 9.17. The average molecular weight is 415 g/mol. The van der Waals surface area contributed by atoms with E-state index in [1.807, 2.05) is 54.6 Å². The topological polar surface area (TPSA) is 44.2 Å². The third-order valence-corrected chi connectivity index (χ3v) is 6.90. The van der Waals surface area contributed by atoms with E-state index in [0.29, 0.717) is 0 Å². The van der Waals surface area contributed by atoms with E-state index in [0.717, 1.165) is 43.7 Å². The minimum atomic E-state index is 0.269. The summed E-state index contributed by atoms with van der Waals surface area (Å²) in [5, 5.41) is 1.92. The maximum atomic E-state index is 5.55. The zero-order chi connectivity index (χ0) is 19.2. The number of thiazole rings is 2. The molecule has 0 spiro atoms. The molecule has 0 bridgehead atoms. The normalized spacial score (nSPS) is 12.6. The molecule has 6 heteroatoms. The summed E-state index contributed by atoms with van der Waals surface area (Å²) in [7, 11) is 0. The lowest BCUT2D eigenvalue weighted by molar-refractivity contribution is 0.174. The van der Waals surface area contributed by atoms with Crippen molar-refractivity contribution in [3.8, 4) is 11.5 Å². The predicted octanol–water partition coefficient (Wildman–Crippen LogP) is 6.22. The SMILES string of the molecule is C(=C(c1nc2ccccc2s1)c1nc2ccccc2s1)c1ccc2c(c1)OCO2. The number of aromatic nitrogens is 2. The number of ether oxygens (including phenoxy) is 2. The number of rotatable bonds is 3. The number of benzene rings is 3. The van der Waals surface area contributed by atoms with E-state index in [-0.39, 0.29) is 6.79 Å². The molecule has 2 aromatic heterocycles. The summed E-state index contributed by atoms with van der Waals surface area (Å²) in [5.41, 5.74) is 4.06. The Bertz CT molecular complexity index is 1260. The van der Waals surface area contributed by atoms with E-state index >= 15 is 0 Å². The Kier molecular flexibility index (Phi) is 3.85. The van der Waals surface area contributed by atoms with Gasteiger partial charge in [-0.3, -0.25) is 0 Å². The van der Waals surface area contributed by atoms with Crippen molar-refractivity contribution in [2.45, 2.75) is 0 Å². The van der Waals surface area contributed by atoms with Crippen molar-refractivity contribution in [1.29, 1.82) is 0 Å². The van der Waals surface area contributed by atoms with Gasteiger partial charge in [-0.15, -0.1) is 22.7 Å². The van der Waals surface area contributed by atoms with Gasteiger partial charge in [-0.1, -0.05) is 30.3 Å². The molecule has 1 aliphatic rings. The van der Waals surface area contributed by atoms with E-state index in [2.05, 4.69) is 18.2 Å². The summed E-state index contributed by atoms with van der Waals surface area (Å²) < 4.78 is 13.3. The highest BCUT2D eigenvalue weighted by Gasteiger charge is 2.17. The Balaban J connectivity index is 1.55. The highest BCUT2D eigenvalue weighted by Crippen LogP contribution is 2.38. The zero-order valence-electron chi connectivity index (χ0n) is 15.2. The molecule has 0 atom stereocenters. The van der Waals surface area contributed by atoms with E-state index in [9.17, 15) is 0 Å². The third-order valence-electron chi connectivity index (χ3n) is 4.76. The number of hydrogen-bond acceptors (Lipinski definition) is 6. The molecule has 6 rings (SSSR count). The van der Waals surface area contributed by atoms with Crippen LogP contribution in [0.2, 0.25) is 0 Å². The van der Waals surface area contributed by atoms with E-state index in [1.165, 1.54) is 9.40 Å². The van der Waals surface area contributed by atoms with Gasteiger partial charge in [0, 0.05) is 5.57 Å². The lowest BCUT2D eigenvalue weighted by atomic mass is 10.1. The van der Waals surface area contributed by atoms with Gasteiger partial charge in [0.2, 0.25) is 6.79 Å². The van der Waals surface area contributed by atoms with Gasteiger partial charge in [0.15, 0.2) is 11.5 Å². The monoisotopic (exact) mass is 414 g/mol. The molecule has 1 aliphatic heterocycles. The quantitative estimate of drug-likeness (QED) is 0.351. The van der Waals surface area contributed by atoms with Crippen LogP contribution >= 0.6 is 22.7 Å². The Morgan fingerprint density at radius 3 is 2.03 bits per heavy atom. The third kappa shape index (κ3) is 2.97. The molecule has 0 N–H and O–H groups in total. The fourth-order valence-corrected chi connectivity index (χ4v) is 5.39. The smallest absolute Gasteiger partial charge is 0.231 e. The summed E-state index contributed by atoms with van der Waals surface area (Å²) in [4.78, 5) is 9.78. The molecule has 140 valence electrons. The predicted molar refractivity (Wildman–Crippen MR) is 119 cm³/mol. The number of nitrogens with zero attached hydrogens (tertiary/aromatic N) is 2. The molecule has 0 saturated carbocycles. The summed E-state index contributed by atoms with van der Waals surface area (Å²) in [6.45, 7) is 0.269. The molecular formula is C23H14N2O2S2. The van der Waals surface area contributed by atoms with Crippen molar-refractivity contribution >= 4 is 54.8 Å². The van der Waals surface area contributed by atoms with Gasteiger partial charge in [-0.05, 0) is 48.0 Å². The Hall–Kier alpha value is -3.22. The van der Waals surface area contributed by atoms with Gasteiger partial charge in [-0.2, -0.15) is 0 Å². The first kappa shape index (κ1) is 16.7. The van der Waals surface area contributed by atoms with Gasteiger partial charge in [0.05, 0.1) is 20.4 Å². The Labute approximate surface area is 174 Å². The van der Waals surface area contributed by atoms with Crippen molar-refractivity contribution in [2.75, 3.05) is 6.79 Å². The van der Waals surface area contributed by atoms with Crippen LogP contribution in [0.15, 0.2) is 66.7 Å². The summed E-state index contributed by atoms with van der Waals surface area (Å²) in [6.07, 6.45) is 2.14. The lowest BCUT2D eigenvalue weighted by Crippen LogP contribution is -1.92. The van der Waals surface area contributed by atoms with Gasteiger partial charge in [0.25, 0.3) is 0 Å². The summed E-state index contributed by atoms with van der Waals surface area (Å²) >= 11 is 3.37. The molecule has 0 amide bonds. The number of para-hydroxylation sites is 2. The van der Waals surface area contributed by atoms with E-state index in [4.69, 9.17) is 19.4 Å². The second-order valence-corrected chi connectivity index (χ2v) is 8.71. The Morgan fingerprint density at radius 1 is 0.759 bits per heavy atom. The van der Waals surface area contributed by atoms with Gasteiger partial charge in [-0.25, -0.2) is 9.97 Å². The fraction of sp³-hybridized carbons (Fsp3) is 0.0435. The molecule has 0 fully saturated rings. The van der Waals surface area contributed by atoms with Crippen molar-refractivity contribution in [2.24, 2.45) is 0 Å². The number of fused-ring (bicyclic) bond motifs is 3. The van der Waals surface area contributed by atoms with E-state index < -0.39 is 0 Å². The standard InChI is InChI=1S/C23H14N2O2S2/c1-3-7-20-16(5-1)24-22(28-20)15(23-25-17-6-2-4-8-21(17)29-23)11-14-9-10-18-19(12-14)27-13-26-18/h1-12H,13H2. The van der Waals surface area contributed by atoms with Crippen LogP contribution in [0, 0.1) is 0 Å². The van der Waals surface area contributed by atoms with Crippen molar-refractivity contribution in [3.63, 3.8) is 0 Å². The molecule has 0 aliphatic carbocycles. The second kappa shape index (κ2) is 6.69. The molecule has 0 saturated heterocycles. The van der Waals surface area contributed by atoms with Crippen LogP contribution in [-0.2, 0) is 0 Å². The summed E-state index contributed by atoms with van der Waals surface area (Å²) in [6, 6.07) is 22.4. The molecule has 29 heavy (non-hydrogen) atoms. The molecule has 3 aromatic carbocycles. The molecule has 0 radical (unpaired) electrons. The van der Waals surface area contributed by atoms with Crippen molar-refractivity contribution < 1.29 is 9.47 Å². The van der Waals surface area contributed by atoms with Crippen LogP contribution in [0.4, 0.5) is 0 Å². The maximum absolute atomic E-state index is 5.55. The summed E-state index contributed by atoms with van der Waals surface area (Å²) in [5.74, 6) is 1.55. The van der Waals surface area contributed by atoms with Crippen LogP contribution in [0.3, 0.4) is 0 Å². The van der Waals surface area contributed by atoms with E-state index in [1.54, 1.807) is 22.7 Å². The highest BCUT2D eigenvalue weighted by molar-refractivity contribution is 7.22. The lowest BCUT2D eigenvalue weighted by Gasteiger charge is -2.02. The zero-order valence-corrected chi connectivity index (χ0v) is 16.8. The number of hydrogen-bond donors (Lipinski definition) is 0. The first-order valence-corrected chi connectivity index (χ1v) is 10.8. The van der Waals surface area contributed by atoms with Crippen LogP contribution < -0.4 is 9.47 Å². The van der Waals surface area contributed by atoms with Gasteiger partial charge >= 0.3 is 0 Å². The molecule has 4 nitrogen and oxygen atoms in total. The van der Waals surface area contributed by atoms with Crippen molar-refractivity contribution in [1.82, 2.24) is 9.97 Å². The van der Waals surface area contributed by atoms with Crippen molar-refractivity contribution in [3.05, 3.63) is 82.3 Å². The van der Waals surface area contributed by atoms with Crippen LogP contribution in [0.1, 0.15) is 15.6 Å². The van der Waals surface area contributed by atoms with Crippen LogP contribution in [0.5, 0.6) is 11.5 Å². The first-order chi connectivity index (χ1) is 14.3.